The lowest BCUT2D eigenvalue weighted by atomic mass is 9.79. The molecule has 0 saturated carbocycles. The van der Waals surface area contributed by atoms with E-state index in [4.69, 9.17) is 4.74 Å². The Morgan fingerprint density at radius 1 is 0.824 bits per heavy atom. The van der Waals surface area contributed by atoms with Crippen LogP contribution in [-0.2, 0) is 4.74 Å². The minimum absolute atomic E-state index is 0.132. The van der Waals surface area contributed by atoms with E-state index >= 15 is 0 Å². The van der Waals surface area contributed by atoms with E-state index in [0.717, 1.165) is 12.8 Å². The Morgan fingerprint density at radius 3 is 1.35 bits per heavy atom. The highest BCUT2D eigenvalue weighted by molar-refractivity contribution is 5.05. The Bertz CT molecular complexity index is 260. The molecule has 1 rings (SSSR count). The Hall–Kier alpha value is -0.180. The van der Waals surface area contributed by atoms with Crippen LogP contribution in [0.15, 0.2) is 0 Å². The lowest BCUT2D eigenvalue weighted by Crippen LogP contribution is -2.29. The Kier molecular flexibility index (Phi) is 3.66. The van der Waals surface area contributed by atoms with Gasteiger partial charge in [0.15, 0.2) is 0 Å². The van der Waals surface area contributed by atoms with Gasteiger partial charge in [0.2, 0.25) is 0 Å². The summed E-state index contributed by atoms with van der Waals surface area (Å²) in [6.07, 6.45) is 1.89. The molecule has 0 radical (unpaired) electrons. The van der Waals surface area contributed by atoms with E-state index in [2.05, 4.69) is 0 Å². The molecular weight excluding hydrogens is 222 g/mol. The quantitative estimate of drug-likeness (QED) is 0.602. The molecule has 17 heavy (non-hydrogen) atoms. The molecule has 0 aromatic rings. The summed E-state index contributed by atoms with van der Waals surface area (Å²) in [4.78, 5) is 0. The lowest BCUT2D eigenvalue weighted by molar-refractivity contribution is 0.0778. The molecule has 0 amide bonds. The Morgan fingerprint density at radius 2 is 1.12 bits per heavy atom. The normalized spacial score (nSPS) is 33.9. The van der Waals surface area contributed by atoms with Gasteiger partial charge in [0.1, 0.15) is 0 Å². The van der Waals surface area contributed by atoms with Crippen molar-refractivity contribution in [3.05, 3.63) is 0 Å². The largest absolute Gasteiger partial charge is 0.299 e. The maximum atomic E-state index is 14.3. The third-order valence-electron chi connectivity index (χ3n) is 4.17. The van der Waals surface area contributed by atoms with Crippen molar-refractivity contribution in [3.63, 3.8) is 0 Å². The number of alkyl halides is 2. The van der Waals surface area contributed by atoms with Crippen LogP contribution in [0.5, 0.6) is 0 Å². The molecule has 1 aliphatic heterocycles. The molecule has 0 aromatic heterocycles. The molecular formula is C14H26F2O. The highest BCUT2D eigenvalue weighted by Gasteiger charge is 2.75. The number of hydrogen-bond acceptors (Lipinski definition) is 1. The first-order chi connectivity index (χ1) is 7.49. The molecule has 0 N–H and O–H groups in total. The average molecular weight is 248 g/mol. The third-order valence-corrected chi connectivity index (χ3v) is 4.17. The fourth-order valence-corrected chi connectivity index (χ4v) is 2.05. The van der Waals surface area contributed by atoms with Crippen LogP contribution in [0.3, 0.4) is 0 Å². The van der Waals surface area contributed by atoms with Crippen molar-refractivity contribution in [1.82, 2.24) is 0 Å². The van der Waals surface area contributed by atoms with Gasteiger partial charge in [0.05, 0.1) is 0 Å². The Labute approximate surface area is 104 Å². The van der Waals surface area contributed by atoms with Crippen molar-refractivity contribution in [2.45, 2.75) is 78.9 Å². The summed E-state index contributed by atoms with van der Waals surface area (Å²) in [5, 5.41) is 0. The van der Waals surface area contributed by atoms with E-state index in [1.54, 1.807) is 0 Å². The van der Waals surface area contributed by atoms with Crippen LogP contribution in [0.1, 0.15) is 67.2 Å². The van der Waals surface area contributed by atoms with Crippen LogP contribution < -0.4 is 0 Å². The van der Waals surface area contributed by atoms with Crippen LogP contribution >= 0.6 is 0 Å². The molecule has 1 fully saturated rings. The summed E-state index contributed by atoms with van der Waals surface area (Å²) in [7, 11) is 0. The van der Waals surface area contributed by atoms with Crippen molar-refractivity contribution in [2.24, 2.45) is 10.8 Å². The maximum Gasteiger partial charge on any atom is 0.271 e. The molecule has 1 aliphatic rings. The predicted octanol–water partition coefficient (Wildman–Crippen LogP) is 5.00. The molecule has 3 heteroatoms. The highest BCUT2D eigenvalue weighted by Crippen LogP contribution is 2.61. The standard InChI is InChI=1S/C14H26F2O/c1-7-11(3,4)9-13(15)14(16,17-13)10-12(5,6)8-2/h7-10H2,1-6H3. The van der Waals surface area contributed by atoms with Gasteiger partial charge in [-0.2, -0.15) is 0 Å². The van der Waals surface area contributed by atoms with E-state index in [-0.39, 0.29) is 23.7 Å². The van der Waals surface area contributed by atoms with E-state index in [1.807, 2.05) is 41.5 Å². The van der Waals surface area contributed by atoms with Crippen molar-refractivity contribution < 1.29 is 13.5 Å². The van der Waals surface area contributed by atoms with Gasteiger partial charge < -0.3 is 0 Å². The zero-order chi connectivity index (χ0) is 13.5. The van der Waals surface area contributed by atoms with Gasteiger partial charge in [0.25, 0.3) is 11.7 Å². The van der Waals surface area contributed by atoms with E-state index in [1.165, 1.54) is 0 Å². The van der Waals surface area contributed by atoms with E-state index < -0.39 is 11.7 Å². The number of halogens is 2. The number of rotatable bonds is 6. The molecule has 1 nitrogen and oxygen atoms in total. The van der Waals surface area contributed by atoms with Crippen LogP contribution in [0.25, 0.3) is 0 Å². The second kappa shape index (κ2) is 4.18. The van der Waals surface area contributed by atoms with E-state index in [9.17, 15) is 8.78 Å². The first-order valence-corrected chi connectivity index (χ1v) is 6.57. The molecule has 0 aliphatic carbocycles. The molecule has 0 spiro atoms. The summed E-state index contributed by atoms with van der Waals surface area (Å²) >= 11 is 0. The average Bonchev–Trinajstić information content (AvgIpc) is 2.65. The van der Waals surface area contributed by atoms with Gasteiger partial charge in [-0.05, 0) is 10.8 Å². The first-order valence-electron chi connectivity index (χ1n) is 6.57. The summed E-state index contributed by atoms with van der Waals surface area (Å²) in [6.45, 7) is 11.8. The number of epoxide rings is 1. The summed E-state index contributed by atoms with van der Waals surface area (Å²) in [5.74, 6) is -4.14. The van der Waals surface area contributed by atoms with Crippen molar-refractivity contribution in [2.75, 3.05) is 0 Å². The van der Waals surface area contributed by atoms with Crippen molar-refractivity contribution in [3.8, 4) is 0 Å². The van der Waals surface area contributed by atoms with Crippen LogP contribution in [0.4, 0.5) is 8.78 Å². The molecule has 102 valence electrons. The SMILES string of the molecule is CCC(C)(C)CC1(F)OC1(F)CC(C)(C)CC. The molecule has 1 saturated heterocycles. The highest BCUT2D eigenvalue weighted by atomic mass is 19.2. The lowest BCUT2D eigenvalue weighted by Gasteiger charge is -2.26. The van der Waals surface area contributed by atoms with E-state index in [0.29, 0.717) is 0 Å². The second-order valence-corrected chi connectivity index (χ2v) is 6.95. The van der Waals surface area contributed by atoms with Gasteiger partial charge >= 0.3 is 0 Å². The number of ether oxygens (including phenoxy) is 1. The van der Waals surface area contributed by atoms with Gasteiger partial charge in [0, 0.05) is 12.8 Å². The van der Waals surface area contributed by atoms with Crippen LogP contribution in [0.2, 0.25) is 0 Å². The topological polar surface area (TPSA) is 12.5 Å². The summed E-state index contributed by atoms with van der Waals surface area (Å²) < 4.78 is 33.4. The minimum Gasteiger partial charge on any atom is -0.299 e. The van der Waals surface area contributed by atoms with Crippen LogP contribution in [-0.4, -0.2) is 11.7 Å². The monoisotopic (exact) mass is 248 g/mol. The molecule has 2 atom stereocenters. The Balaban J connectivity index is 2.66. The molecule has 0 aromatic carbocycles. The summed E-state index contributed by atoms with van der Waals surface area (Å²) in [5.41, 5.74) is -0.447. The van der Waals surface area contributed by atoms with Gasteiger partial charge in [-0.3, -0.25) is 4.74 Å². The third kappa shape index (κ3) is 3.18. The predicted molar refractivity (Wildman–Crippen MR) is 66.1 cm³/mol. The van der Waals surface area contributed by atoms with Gasteiger partial charge in [-0.1, -0.05) is 54.4 Å². The second-order valence-electron chi connectivity index (χ2n) is 6.95. The molecule has 2 unspecified atom stereocenters. The van der Waals surface area contributed by atoms with Crippen molar-refractivity contribution >= 4 is 0 Å². The minimum atomic E-state index is -2.07. The number of hydrogen-bond donors (Lipinski definition) is 0. The first kappa shape index (κ1) is 14.9. The van der Waals surface area contributed by atoms with Crippen molar-refractivity contribution in [1.29, 1.82) is 0 Å². The zero-order valence-corrected chi connectivity index (χ0v) is 12.0. The van der Waals surface area contributed by atoms with Crippen LogP contribution in [0, 0.1) is 10.8 Å². The van der Waals surface area contributed by atoms with Gasteiger partial charge in [-0.15, -0.1) is 0 Å². The van der Waals surface area contributed by atoms with Gasteiger partial charge in [-0.25, -0.2) is 8.78 Å². The fraction of sp³-hybridized carbons (Fsp3) is 1.00. The zero-order valence-electron chi connectivity index (χ0n) is 12.0. The fourth-order valence-electron chi connectivity index (χ4n) is 2.05. The smallest absolute Gasteiger partial charge is 0.271 e. The summed E-state index contributed by atoms with van der Waals surface area (Å²) in [6, 6.07) is 0. The molecule has 1 heterocycles. The molecule has 0 bridgehead atoms. The maximum absolute atomic E-state index is 14.3.